The zero-order chi connectivity index (χ0) is 22.4. The van der Waals surface area contributed by atoms with Gasteiger partial charge in [-0.25, -0.2) is 18.2 Å². The maximum Gasteiger partial charge on any atom is 0.485 e. The normalized spacial score (nSPS) is 11.5. The van der Waals surface area contributed by atoms with Gasteiger partial charge in [0.25, 0.3) is 5.03 Å². The van der Waals surface area contributed by atoms with Crippen molar-refractivity contribution >= 4 is 27.0 Å². The summed E-state index contributed by atoms with van der Waals surface area (Å²) in [6.07, 6.45) is 1.42. The highest BCUT2D eigenvalue weighted by molar-refractivity contribution is 7.97. The first-order chi connectivity index (χ1) is 14.0. The molecule has 6 nitrogen and oxygen atoms in total. The van der Waals surface area contributed by atoms with Gasteiger partial charge in [0.2, 0.25) is 0 Å². The van der Waals surface area contributed by atoms with Crippen LogP contribution in [0.2, 0.25) is 0 Å². The third-order valence-electron chi connectivity index (χ3n) is 3.43. The van der Waals surface area contributed by atoms with Crippen LogP contribution in [0.3, 0.4) is 0 Å². The average molecular weight is 457 g/mol. The molecule has 3 rings (SSSR count). The van der Waals surface area contributed by atoms with Gasteiger partial charge in [-0.2, -0.15) is 13.2 Å². The van der Waals surface area contributed by atoms with Gasteiger partial charge in [-0.3, -0.25) is 0 Å². The van der Waals surface area contributed by atoms with Crippen LogP contribution in [0.5, 0.6) is 0 Å². The monoisotopic (exact) mass is 457 g/mol. The van der Waals surface area contributed by atoms with Crippen LogP contribution in [0.15, 0.2) is 93.8 Å². The van der Waals surface area contributed by atoms with Crippen molar-refractivity contribution in [3.63, 3.8) is 0 Å². The van der Waals surface area contributed by atoms with Crippen LogP contribution >= 0.6 is 0 Å². The summed E-state index contributed by atoms with van der Waals surface area (Å²) in [6, 6.07) is 23.7. The van der Waals surface area contributed by atoms with Gasteiger partial charge in [0.1, 0.15) is 10.9 Å². The molecule has 0 saturated heterocycles. The van der Waals surface area contributed by atoms with E-state index < -0.39 is 21.6 Å². The van der Waals surface area contributed by atoms with Gasteiger partial charge in [0, 0.05) is 12.3 Å². The predicted octanol–water partition coefficient (Wildman–Crippen LogP) is 3.93. The lowest BCUT2D eigenvalue weighted by atomic mass is 10.3. The molecular weight excluding hydrogens is 443 g/mol. The number of carbonyl (C=O) groups is 1. The molecule has 0 bridgehead atoms. The number of pyridine rings is 1. The topological polar surface area (TPSA) is 107 Å². The van der Waals surface area contributed by atoms with Crippen molar-refractivity contribution in [2.75, 3.05) is 0 Å². The Labute approximate surface area is 173 Å². The number of rotatable bonds is 4. The highest BCUT2D eigenvalue weighted by Crippen LogP contribution is 2.29. The van der Waals surface area contributed by atoms with E-state index in [4.69, 9.17) is 18.1 Å². The van der Waals surface area contributed by atoms with Crippen molar-refractivity contribution < 1.29 is 36.0 Å². The molecule has 0 atom stereocenters. The summed E-state index contributed by atoms with van der Waals surface area (Å²) in [5, 5.41) is 9.87. The van der Waals surface area contributed by atoms with Crippen LogP contribution in [0.4, 0.5) is 13.2 Å². The zero-order valence-electron chi connectivity index (χ0n) is 15.0. The van der Waals surface area contributed by atoms with Crippen molar-refractivity contribution in [2.24, 2.45) is 0 Å². The molecule has 0 aliphatic heterocycles. The van der Waals surface area contributed by atoms with Crippen LogP contribution in [0, 0.1) is 0 Å². The summed E-state index contributed by atoms with van der Waals surface area (Å²) in [5.41, 5.74) is -5.44. The van der Waals surface area contributed by atoms with Crippen molar-refractivity contribution in [1.29, 1.82) is 0 Å². The van der Waals surface area contributed by atoms with Gasteiger partial charge in [0.05, 0.1) is 5.56 Å². The number of hydrogen-bond acceptors (Lipinski definition) is 5. The summed E-state index contributed by atoms with van der Waals surface area (Å²) < 4.78 is 58.9. The first-order valence-corrected chi connectivity index (χ1v) is 10.7. The van der Waals surface area contributed by atoms with Gasteiger partial charge < -0.3 is 9.66 Å². The minimum absolute atomic E-state index is 0.202. The molecule has 3 aromatic rings. The summed E-state index contributed by atoms with van der Waals surface area (Å²) in [6.45, 7) is 0. The molecule has 0 fully saturated rings. The molecule has 0 radical (unpaired) electrons. The molecule has 1 N–H and O–H groups in total. The van der Waals surface area contributed by atoms with E-state index in [0.29, 0.717) is 0 Å². The number of halogens is 3. The van der Waals surface area contributed by atoms with Crippen molar-refractivity contribution in [3.05, 3.63) is 84.6 Å². The second-order valence-electron chi connectivity index (χ2n) is 5.52. The molecule has 0 aliphatic rings. The van der Waals surface area contributed by atoms with Gasteiger partial charge in [-0.05, 0) is 30.3 Å². The minimum Gasteiger partial charge on any atom is -0.741 e. The maximum atomic E-state index is 11.0. The van der Waals surface area contributed by atoms with Gasteiger partial charge >= 0.3 is 11.5 Å². The standard InChI is InChI=1S/C18H13NO2S.CHF3O3S/c20-18(21)14-11-12-17(19-13-14)22(15-7-3-1-4-8-15)16-9-5-2-6-10-16;2-1(3,4)8(5,6)7/h1-13H;(H,5,6,7). The molecule has 0 unspecified atom stereocenters. The van der Waals surface area contributed by atoms with Crippen LogP contribution in [-0.2, 0) is 21.0 Å². The number of carboxylic acids is 1. The highest BCUT2D eigenvalue weighted by atomic mass is 32.2. The van der Waals surface area contributed by atoms with E-state index >= 15 is 0 Å². The fraction of sp³-hybridized carbons (Fsp3) is 0.0526. The van der Waals surface area contributed by atoms with E-state index in [9.17, 15) is 18.0 Å². The van der Waals surface area contributed by atoms with Crippen LogP contribution in [-0.4, -0.2) is 34.5 Å². The summed E-state index contributed by atoms with van der Waals surface area (Å²) in [7, 11) is -6.43. The van der Waals surface area contributed by atoms with Crippen molar-refractivity contribution in [2.45, 2.75) is 20.3 Å². The third-order valence-corrected chi connectivity index (χ3v) is 6.15. The average Bonchev–Trinajstić information content (AvgIpc) is 2.69. The highest BCUT2D eigenvalue weighted by Gasteiger charge is 2.37. The lowest BCUT2D eigenvalue weighted by Gasteiger charge is -2.08. The Bertz CT molecular complexity index is 1040. The van der Waals surface area contributed by atoms with Crippen molar-refractivity contribution in [3.8, 4) is 0 Å². The quantitative estimate of drug-likeness (QED) is 0.361. The van der Waals surface area contributed by atoms with Crippen LogP contribution < -0.4 is 0 Å². The first-order valence-electron chi connectivity index (χ1n) is 8.06. The Morgan fingerprint density at radius 1 is 0.900 bits per heavy atom. The lowest BCUT2D eigenvalue weighted by Crippen LogP contribution is -2.21. The Hall–Kier alpha value is -2.89. The molecule has 0 aliphatic carbocycles. The zero-order valence-corrected chi connectivity index (χ0v) is 16.6. The Morgan fingerprint density at radius 2 is 1.33 bits per heavy atom. The van der Waals surface area contributed by atoms with E-state index in [-0.39, 0.29) is 16.5 Å². The molecule has 0 saturated carbocycles. The molecule has 2 aromatic carbocycles. The smallest absolute Gasteiger partial charge is 0.485 e. The fourth-order valence-electron chi connectivity index (χ4n) is 2.12. The van der Waals surface area contributed by atoms with Gasteiger partial charge in [-0.1, -0.05) is 36.4 Å². The molecule has 1 heterocycles. The molecule has 30 heavy (non-hydrogen) atoms. The first kappa shape index (κ1) is 23.4. The number of hydrogen-bond donors (Lipinski definition) is 1. The SMILES string of the molecule is O=C(O)c1ccc([S+](c2ccccc2)c2ccccc2)nc1.O=S(=O)([O-])C(F)(F)F. The maximum absolute atomic E-state index is 11.0. The molecule has 11 heteroatoms. The molecule has 1 aromatic heterocycles. The Morgan fingerprint density at radius 3 is 1.63 bits per heavy atom. The second-order valence-corrected chi connectivity index (χ2v) is 8.87. The summed E-state index contributed by atoms with van der Waals surface area (Å²) >= 11 is 0. The number of nitrogens with zero attached hydrogens (tertiary/aromatic N) is 1. The summed E-state index contributed by atoms with van der Waals surface area (Å²) in [4.78, 5) is 17.7. The van der Waals surface area contributed by atoms with E-state index in [1.165, 1.54) is 6.20 Å². The molecule has 0 amide bonds. The fourth-order valence-corrected chi connectivity index (χ4v) is 4.09. The summed E-state index contributed by atoms with van der Waals surface area (Å²) in [5.74, 6) is -0.960. The molecule has 0 spiro atoms. The number of aromatic nitrogens is 1. The molecular formula is C19H14F3NO5S2. The lowest BCUT2D eigenvalue weighted by molar-refractivity contribution is -0.0517. The van der Waals surface area contributed by atoms with Crippen molar-refractivity contribution in [1.82, 2.24) is 4.98 Å². The van der Waals surface area contributed by atoms with Gasteiger partial charge in [0.15, 0.2) is 19.9 Å². The van der Waals surface area contributed by atoms with E-state index in [0.717, 1.165) is 14.8 Å². The Balaban J connectivity index is 0.000000343. The van der Waals surface area contributed by atoms with Gasteiger partial charge in [-0.15, -0.1) is 0 Å². The molecule has 158 valence electrons. The van der Waals surface area contributed by atoms with Crippen LogP contribution in [0.1, 0.15) is 10.4 Å². The second kappa shape index (κ2) is 9.74. The largest absolute Gasteiger partial charge is 0.741 e. The third kappa shape index (κ3) is 6.31. The van der Waals surface area contributed by atoms with E-state index in [2.05, 4.69) is 29.2 Å². The van der Waals surface area contributed by atoms with Crippen LogP contribution in [0.25, 0.3) is 0 Å². The number of carboxylic acid groups (broad SMARTS) is 1. The predicted molar refractivity (Wildman–Crippen MR) is 102 cm³/mol. The number of aromatic carboxylic acids is 1. The number of benzene rings is 2. The van der Waals surface area contributed by atoms with E-state index in [1.807, 2.05) is 36.4 Å². The Kier molecular flexibility index (Phi) is 7.59. The van der Waals surface area contributed by atoms with E-state index in [1.54, 1.807) is 12.1 Å². The number of alkyl halides is 3. The minimum atomic E-state index is -6.09.